The highest BCUT2D eigenvalue weighted by Crippen LogP contribution is 2.29. The zero-order chi connectivity index (χ0) is 13.2. The highest BCUT2D eigenvalue weighted by molar-refractivity contribution is 5.65. The van der Waals surface area contributed by atoms with Gasteiger partial charge in [0.1, 0.15) is 5.60 Å². The molecule has 4 heteroatoms. The fraction of sp³-hybridized carbons (Fsp3) is 0.500. The van der Waals surface area contributed by atoms with Gasteiger partial charge in [0.2, 0.25) is 0 Å². The second kappa shape index (κ2) is 4.98. The van der Waals surface area contributed by atoms with Gasteiger partial charge in [-0.1, -0.05) is 24.3 Å². The van der Waals surface area contributed by atoms with E-state index >= 15 is 0 Å². The molecule has 1 unspecified atom stereocenters. The summed E-state index contributed by atoms with van der Waals surface area (Å²) in [5, 5.41) is 3.36. The minimum atomic E-state index is -0.743. The molecule has 18 heavy (non-hydrogen) atoms. The van der Waals surface area contributed by atoms with Crippen molar-refractivity contribution in [3.63, 3.8) is 0 Å². The summed E-state index contributed by atoms with van der Waals surface area (Å²) in [5.74, 6) is 0.550. The molecule has 0 saturated carbocycles. The van der Waals surface area contributed by atoms with E-state index in [2.05, 4.69) is 17.4 Å². The van der Waals surface area contributed by atoms with Gasteiger partial charge in [-0.25, -0.2) is 4.79 Å². The molecule has 1 amide bonds. The molecule has 1 aliphatic heterocycles. The Morgan fingerprint density at radius 2 is 2.28 bits per heavy atom. The van der Waals surface area contributed by atoms with Crippen molar-refractivity contribution in [3.8, 4) is 0 Å². The molecule has 0 aromatic heterocycles. The highest BCUT2D eigenvalue weighted by Gasteiger charge is 2.26. The summed E-state index contributed by atoms with van der Waals surface area (Å²) in [6, 6.07) is 8.21. The van der Waals surface area contributed by atoms with E-state index in [0.717, 1.165) is 25.1 Å². The number of nitrogens with one attached hydrogen (secondary N) is 1. The largest absolute Gasteiger partial charge is 0.439 e. The third-order valence-corrected chi connectivity index (χ3v) is 3.47. The van der Waals surface area contributed by atoms with Gasteiger partial charge < -0.3 is 15.8 Å². The normalized spacial score (nSPS) is 19.8. The first-order valence-electron chi connectivity index (χ1n) is 6.28. The van der Waals surface area contributed by atoms with Crippen molar-refractivity contribution in [1.29, 1.82) is 0 Å². The van der Waals surface area contributed by atoms with Gasteiger partial charge in [-0.3, -0.25) is 0 Å². The Kier molecular flexibility index (Phi) is 3.57. The molecule has 0 spiro atoms. The van der Waals surface area contributed by atoms with E-state index in [1.54, 1.807) is 0 Å². The van der Waals surface area contributed by atoms with Crippen LogP contribution in [0.15, 0.2) is 24.3 Å². The molecular formula is C14H20N2O2. The summed E-state index contributed by atoms with van der Waals surface area (Å²) in [6.07, 6.45) is 0.411. The first-order chi connectivity index (χ1) is 8.49. The maximum absolute atomic E-state index is 10.9. The number of carbonyl (C=O) groups is 1. The van der Waals surface area contributed by atoms with Crippen LogP contribution < -0.4 is 11.1 Å². The topological polar surface area (TPSA) is 64.3 Å². The van der Waals surface area contributed by atoms with Crippen LogP contribution in [0, 0.1) is 0 Å². The number of nitrogens with two attached hydrogens (primary N) is 1. The van der Waals surface area contributed by atoms with Crippen molar-refractivity contribution in [2.45, 2.75) is 31.8 Å². The molecule has 98 valence electrons. The molecular weight excluding hydrogens is 228 g/mol. The van der Waals surface area contributed by atoms with Gasteiger partial charge in [-0.05, 0) is 43.9 Å². The van der Waals surface area contributed by atoms with Gasteiger partial charge in [0.25, 0.3) is 0 Å². The summed E-state index contributed by atoms with van der Waals surface area (Å²) in [6.45, 7) is 5.78. The van der Waals surface area contributed by atoms with E-state index in [4.69, 9.17) is 10.5 Å². The quantitative estimate of drug-likeness (QED) is 0.861. The molecule has 1 aromatic rings. The lowest BCUT2D eigenvalue weighted by molar-refractivity contribution is 0.0432. The first-order valence-corrected chi connectivity index (χ1v) is 6.28. The van der Waals surface area contributed by atoms with Crippen LogP contribution >= 0.6 is 0 Å². The Balaban J connectivity index is 2.23. The third kappa shape index (κ3) is 2.82. The number of rotatable bonds is 3. The Morgan fingerprint density at radius 3 is 2.89 bits per heavy atom. The minimum absolute atomic E-state index is 0.550. The van der Waals surface area contributed by atoms with Gasteiger partial charge in [-0.2, -0.15) is 0 Å². The monoisotopic (exact) mass is 248 g/mol. The zero-order valence-corrected chi connectivity index (χ0v) is 10.9. The van der Waals surface area contributed by atoms with Crippen LogP contribution in [-0.4, -0.2) is 19.2 Å². The zero-order valence-electron chi connectivity index (χ0n) is 10.9. The SMILES string of the molecule is CC(C)(OC(N)=O)c1cccc(C2CCNC2)c1. The highest BCUT2D eigenvalue weighted by atomic mass is 16.6. The van der Waals surface area contributed by atoms with E-state index in [9.17, 15) is 4.79 Å². The Hall–Kier alpha value is -1.55. The smallest absolute Gasteiger partial charge is 0.405 e. The summed E-state index contributed by atoms with van der Waals surface area (Å²) < 4.78 is 5.16. The maximum atomic E-state index is 10.9. The maximum Gasteiger partial charge on any atom is 0.405 e. The average molecular weight is 248 g/mol. The third-order valence-electron chi connectivity index (χ3n) is 3.47. The second-order valence-electron chi connectivity index (χ2n) is 5.25. The van der Waals surface area contributed by atoms with Crippen LogP contribution in [0.2, 0.25) is 0 Å². The fourth-order valence-electron chi connectivity index (χ4n) is 2.42. The van der Waals surface area contributed by atoms with E-state index in [1.165, 1.54) is 5.56 Å². The Labute approximate surface area is 108 Å². The molecule has 0 radical (unpaired) electrons. The summed E-state index contributed by atoms with van der Waals surface area (Å²) in [5.41, 5.74) is 6.69. The van der Waals surface area contributed by atoms with Crippen LogP contribution in [0.4, 0.5) is 4.79 Å². The molecule has 4 nitrogen and oxygen atoms in total. The number of benzene rings is 1. The van der Waals surface area contributed by atoms with Crippen molar-refractivity contribution in [2.24, 2.45) is 5.73 Å². The molecule has 3 N–H and O–H groups in total. The van der Waals surface area contributed by atoms with Crippen molar-refractivity contribution < 1.29 is 9.53 Å². The first kappa shape index (κ1) is 12.9. The van der Waals surface area contributed by atoms with Crippen molar-refractivity contribution in [3.05, 3.63) is 35.4 Å². The number of hydrogen-bond acceptors (Lipinski definition) is 3. The second-order valence-corrected chi connectivity index (χ2v) is 5.25. The van der Waals surface area contributed by atoms with E-state index in [0.29, 0.717) is 5.92 Å². The van der Waals surface area contributed by atoms with Crippen LogP contribution in [0.25, 0.3) is 0 Å². The molecule has 1 heterocycles. The van der Waals surface area contributed by atoms with E-state index in [1.807, 2.05) is 26.0 Å². The lowest BCUT2D eigenvalue weighted by Crippen LogP contribution is -2.29. The summed E-state index contributed by atoms with van der Waals surface area (Å²) >= 11 is 0. The molecule has 2 rings (SSSR count). The molecule has 1 saturated heterocycles. The number of carbonyl (C=O) groups excluding carboxylic acids is 1. The van der Waals surface area contributed by atoms with Gasteiger partial charge >= 0.3 is 6.09 Å². The van der Waals surface area contributed by atoms with Crippen molar-refractivity contribution >= 4 is 6.09 Å². The van der Waals surface area contributed by atoms with Gasteiger partial charge in [0.05, 0.1) is 0 Å². The molecule has 1 fully saturated rings. The Bertz CT molecular complexity index is 437. The lowest BCUT2D eigenvalue weighted by atomic mass is 9.91. The molecule has 0 aliphatic carbocycles. The molecule has 1 aliphatic rings. The number of amides is 1. The van der Waals surface area contributed by atoms with E-state index in [-0.39, 0.29) is 0 Å². The fourth-order valence-corrected chi connectivity index (χ4v) is 2.42. The lowest BCUT2D eigenvalue weighted by Gasteiger charge is -2.25. The number of primary amides is 1. The Morgan fingerprint density at radius 1 is 1.50 bits per heavy atom. The number of hydrogen-bond donors (Lipinski definition) is 2. The predicted molar refractivity (Wildman–Crippen MR) is 70.4 cm³/mol. The van der Waals surface area contributed by atoms with Crippen molar-refractivity contribution in [2.75, 3.05) is 13.1 Å². The standard InChI is InChI=1S/C14H20N2O2/c1-14(2,18-13(15)17)12-5-3-4-10(8-12)11-6-7-16-9-11/h3-5,8,11,16H,6-7,9H2,1-2H3,(H2,15,17). The van der Waals surface area contributed by atoms with Gasteiger partial charge in [0, 0.05) is 6.54 Å². The average Bonchev–Trinajstić information content (AvgIpc) is 2.81. The predicted octanol–water partition coefficient (Wildman–Crippen LogP) is 2.09. The summed E-state index contributed by atoms with van der Waals surface area (Å²) in [7, 11) is 0. The molecule has 1 atom stereocenters. The molecule has 1 aromatic carbocycles. The van der Waals surface area contributed by atoms with Crippen LogP contribution in [0.5, 0.6) is 0 Å². The van der Waals surface area contributed by atoms with Crippen LogP contribution in [0.3, 0.4) is 0 Å². The van der Waals surface area contributed by atoms with Crippen LogP contribution in [0.1, 0.15) is 37.3 Å². The van der Waals surface area contributed by atoms with Gasteiger partial charge in [-0.15, -0.1) is 0 Å². The van der Waals surface area contributed by atoms with Gasteiger partial charge in [0.15, 0.2) is 0 Å². The minimum Gasteiger partial charge on any atom is -0.439 e. The summed E-state index contributed by atoms with van der Waals surface area (Å²) in [4.78, 5) is 10.9. The van der Waals surface area contributed by atoms with E-state index < -0.39 is 11.7 Å². The van der Waals surface area contributed by atoms with Crippen LogP contribution in [-0.2, 0) is 10.3 Å². The molecule has 0 bridgehead atoms. The number of ether oxygens (including phenoxy) is 1. The van der Waals surface area contributed by atoms with Crippen molar-refractivity contribution in [1.82, 2.24) is 5.32 Å².